The summed E-state index contributed by atoms with van der Waals surface area (Å²) in [6, 6.07) is 8.15. The van der Waals surface area contributed by atoms with E-state index in [1.54, 1.807) is 0 Å². The molecule has 1 aliphatic heterocycles. The number of likely N-dealkylation sites (N-methyl/N-ethyl adjacent to an activating group) is 1. The zero-order chi connectivity index (χ0) is 18.1. The van der Waals surface area contributed by atoms with Crippen molar-refractivity contribution in [2.45, 2.75) is 24.5 Å². The molecule has 26 heavy (non-hydrogen) atoms. The molecular formula is C19H32IN3O2S. The molecule has 5 nitrogen and oxygen atoms in total. The molecule has 0 aliphatic carbocycles. The largest absolute Gasteiger partial charge is 0.492 e. The maximum absolute atomic E-state index is 5.82. The number of thioether (sulfide) groups is 1. The van der Waals surface area contributed by atoms with E-state index >= 15 is 0 Å². The van der Waals surface area contributed by atoms with Crippen LogP contribution in [0.4, 0.5) is 0 Å². The Balaban J connectivity index is 0.00000338. The molecule has 1 aliphatic rings. The summed E-state index contributed by atoms with van der Waals surface area (Å²) in [5, 5.41) is 3.53. The molecule has 1 aromatic rings. The fraction of sp³-hybridized carbons (Fsp3) is 0.632. The number of rotatable bonds is 7. The molecule has 0 amide bonds. The number of halogens is 1. The van der Waals surface area contributed by atoms with Crippen molar-refractivity contribution in [2.24, 2.45) is 4.99 Å². The maximum Gasteiger partial charge on any atom is 0.193 e. The third kappa shape index (κ3) is 7.15. The standard InChI is InChI=1S/C19H31N3O2S.HI/c1-16-5-7-17(8-6-16)24-14-11-22(3)18(20-2)21-15-19(25-4)9-12-23-13-10-19;/h5-8H,9-15H2,1-4H3,(H,20,21);1H. The van der Waals surface area contributed by atoms with Crippen LogP contribution in [-0.2, 0) is 4.74 Å². The van der Waals surface area contributed by atoms with E-state index in [-0.39, 0.29) is 28.7 Å². The number of ether oxygens (including phenoxy) is 2. The van der Waals surface area contributed by atoms with E-state index in [0.29, 0.717) is 6.61 Å². The van der Waals surface area contributed by atoms with Gasteiger partial charge in [-0.1, -0.05) is 17.7 Å². The van der Waals surface area contributed by atoms with Crippen molar-refractivity contribution < 1.29 is 9.47 Å². The van der Waals surface area contributed by atoms with Crippen molar-refractivity contribution in [3.63, 3.8) is 0 Å². The first-order chi connectivity index (χ1) is 12.1. The second-order valence-electron chi connectivity index (χ2n) is 6.48. The van der Waals surface area contributed by atoms with E-state index in [1.165, 1.54) is 5.56 Å². The number of nitrogens with one attached hydrogen (secondary N) is 1. The number of benzene rings is 1. The van der Waals surface area contributed by atoms with Crippen molar-refractivity contribution in [1.82, 2.24) is 10.2 Å². The summed E-state index contributed by atoms with van der Waals surface area (Å²) < 4.78 is 11.6. The molecule has 0 atom stereocenters. The van der Waals surface area contributed by atoms with Gasteiger partial charge in [-0.15, -0.1) is 24.0 Å². The summed E-state index contributed by atoms with van der Waals surface area (Å²) in [6.45, 7) is 6.09. The number of aryl methyl sites for hydroxylation is 1. The lowest BCUT2D eigenvalue weighted by Gasteiger charge is -2.36. The minimum Gasteiger partial charge on any atom is -0.492 e. The first-order valence-electron chi connectivity index (χ1n) is 8.83. The quantitative estimate of drug-likeness (QED) is 0.359. The minimum atomic E-state index is 0. The Kier molecular flexibility index (Phi) is 10.7. The smallest absolute Gasteiger partial charge is 0.193 e. The Bertz CT molecular complexity index is 548. The first-order valence-corrected chi connectivity index (χ1v) is 10.1. The fourth-order valence-electron chi connectivity index (χ4n) is 2.86. The van der Waals surface area contributed by atoms with Crippen LogP contribution in [0.25, 0.3) is 0 Å². The van der Waals surface area contributed by atoms with Gasteiger partial charge in [0, 0.05) is 38.6 Å². The second-order valence-corrected chi connectivity index (χ2v) is 7.76. The number of hydrogen-bond acceptors (Lipinski definition) is 4. The number of hydrogen-bond donors (Lipinski definition) is 1. The molecule has 0 spiro atoms. The molecule has 0 unspecified atom stereocenters. The molecular weight excluding hydrogens is 461 g/mol. The fourth-order valence-corrected chi connectivity index (χ4v) is 3.65. The van der Waals surface area contributed by atoms with Gasteiger partial charge in [-0.05, 0) is 38.2 Å². The van der Waals surface area contributed by atoms with Crippen LogP contribution < -0.4 is 10.1 Å². The molecule has 0 aromatic heterocycles. The van der Waals surface area contributed by atoms with Crippen molar-refractivity contribution in [3.05, 3.63) is 29.8 Å². The third-order valence-electron chi connectivity index (χ3n) is 4.70. The van der Waals surface area contributed by atoms with Crippen LogP contribution in [-0.4, -0.2) is 68.9 Å². The van der Waals surface area contributed by atoms with E-state index in [9.17, 15) is 0 Å². The molecule has 148 valence electrons. The summed E-state index contributed by atoms with van der Waals surface area (Å²) in [6.07, 6.45) is 4.35. The van der Waals surface area contributed by atoms with Crippen LogP contribution in [0.5, 0.6) is 5.75 Å². The SMILES string of the molecule is CN=C(NCC1(SC)CCOCC1)N(C)CCOc1ccc(C)cc1.I. The van der Waals surface area contributed by atoms with Gasteiger partial charge in [-0.3, -0.25) is 4.99 Å². The predicted octanol–water partition coefficient (Wildman–Crippen LogP) is 3.41. The maximum atomic E-state index is 5.82. The average Bonchev–Trinajstić information content (AvgIpc) is 2.64. The summed E-state index contributed by atoms with van der Waals surface area (Å²) in [5.41, 5.74) is 1.24. The van der Waals surface area contributed by atoms with Gasteiger partial charge >= 0.3 is 0 Å². The van der Waals surface area contributed by atoms with Gasteiger partial charge in [-0.2, -0.15) is 11.8 Å². The van der Waals surface area contributed by atoms with Crippen LogP contribution in [0.2, 0.25) is 0 Å². The second kappa shape index (κ2) is 11.9. The molecule has 2 rings (SSSR count). The third-order valence-corrected chi connectivity index (χ3v) is 6.11. The lowest BCUT2D eigenvalue weighted by Crippen LogP contribution is -2.48. The molecule has 1 aromatic carbocycles. The van der Waals surface area contributed by atoms with Gasteiger partial charge in [0.25, 0.3) is 0 Å². The average molecular weight is 493 g/mol. The summed E-state index contributed by atoms with van der Waals surface area (Å²) in [4.78, 5) is 6.52. The molecule has 1 heterocycles. The highest BCUT2D eigenvalue weighted by atomic mass is 127. The molecule has 1 N–H and O–H groups in total. The Labute approximate surface area is 179 Å². The Morgan fingerprint density at radius 3 is 2.54 bits per heavy atom. The number of guanidine groups is 1. The Hall–Kier alpha value is -0.670. The molecule has 0 bridgehead atoms. The van der Waals surface area contributed by atoms with Gasteiger partial charge in [0.1, 0.15) is 12.4 Å². The van der Waals surface area contributed by atoms with E-state index < -0.39 is 0 Å². The molecule has 7 heteroatoms. The van der Waals surface area contributed by atoms with Crippen LogP contribution in [0.1, 0.15) is 18.4 Å². The molecule has 0 saturated carbocycles. The molecule has 0 radical (unpaired) electrons. The number of nitrogens with zero attached hydrogens (tertiary/aromatic N) is 2. The highest BCUT2D eigenvalue weighted by Gasteiger charge is 2.32. The van der Waals surface area contributed by atoms with Gasteiger partial charge in [0.05, 0.1) is 6.54 Å². The van der Waals surface area contributed by atoms with E-state index in [1.807, 2.05) is 38.0 Å². The summed E-state index contributed by atoms with van der Waals surface area (Å²) >= 11 is 1.93. The van der Waals surface area contributed by atoms with Gasteiger partial charge in [-0.25, -0.2) is 0 Å². The lowest BCUT2D eigenvalue weighted by molar-refractivity contribution is 0.0781. The van der Waals surface area contributed by atoms with E-state index in [0.717, 1.165) is 50.9 Å². The monoisotopic (exact) mass is 493 g/mol. The van der Waals surface area contributed by atoms with Gasteiger partial charge in [0.15, 0.2) is 5.96 Å². The van der Waals surface area contributed by atoms with Crippen molar-refractivity contribution in [3.8, 4) is 5.75 Å². The van der Waals surface area contributed by atoms with Crippen LogP contribution in [0.3, 0.4) is 0 Å². The Morgan fingerprint density at radius 2 is 1.96 bits per heavy atom. The van der Waals surface area contributed by atoms with Crippen molar-refractivity contribution in [1.29, 1.82) is 0 Å². The highest BCUT2D eigenvalue weighted by molar-refractivity contribution is 14.0. The minimum absolute atomic E-state index is 0. The topological polar surface area (TPSA) is 46.1 Å². The van der Waals surface area contributed by atoms with Crippen LogP contribution in [0, 0.1) is 6.92 Å². The predicted molar refractivity (Wildman–Crippen MR) is 122 cm³/mol. The zero-order valence-electron chi connectivity index (χ0n) is 16.3. The highest BCUT2D eigenvalue weighted by Crippen LogP contribution is 2.32. The number of aliphatic imine (C=N–C) groups is 1. The summed E-state index contributed by atoms with van der Waals surface area (Å²) in [7, 11) is 3.87. The summed E-state index contributed by atoms with van der Waals surface area (Å²) in [5.74, 6) is 1.82. The van der Waals surface area contributed by atoms with Gasteiger partial charge in [0.2, 0.25) is 0 Å². The normalized spacial score (nSPS) is 16.5. The van der Waals surface area contributed by atoms with Crippen molar-refractivity contribution in [2.75, 3.05) is 53.3 Å². The van der Waals surface area contributed by atoms with Crippen molar-refractivity contribution >= 4 is 41.7 Å². The zero-order valence-corrected chi connectivity index (χ0v) is 19.4. The lowest BCUT2D eigenvalue weighted by atomic mass is 9.99. The Morgan fingerprint density at radius 1 is 1.31 bits per heavy atom. The molecule has 1 saturated heterocycles. The van der Waals surface area contributed by atoms with Gasteiger partial charge < -0.3 is 19.7 Å². The van der Waals surface area contributed by atoms with E-state index in [4.69, 9.17) is 9.47 Å². The van der Waals surface area contributed by atoms with E-state index in [2.05, 4.69) is 40.5 Å². The van der Waals surface area contributed by atoms with Crippen LogP contribution >= 0.6 is 35.7 Å². The van der Waals surface area contributed by atoms with Crippen LogP contribution in [0.15, 0.2) is 29.3 Å². The first kappa shape index (κ1) is 23.4. The molecule has 1 fully saturated rings.